The third-order valence-electron chi connectivity index (χ3n) is 3.26. The molecule has 0 spiro atoms. The third kappa shape index (κ3) is 4.94. The van der Waals surface area contributed by atoms with Gasteiger partial charge >= 0.3 is 0 Å². The van der Waals surface area contributed by atoms with Crippen LogP contribution in [0, 0.1) is 0 Å². The first-order valence-electron chi connectivity index (χ1n) is 7.72. The molecule has 0 aliphatic carbocycles. The Balaban J connectivity index is 1.93. The van der Waals surface area contributed by atoms with Crippen LogP contribution >= 0.6 is 11.6 Å². The summed E-state index contributed by atoms with van der Waals surface area (Å²) in [5.41, 5.74) is 6.55. The van der Waals surface area contributed by atoms with Crippen molar-refractivity contribution in [2.75, 3.05) is 26.9 Å². The Morgan fingerprint density at radius 2 is 1.62 bits per heavy atom. The Labute approximate surface area is 147 Å². The lowest BCUT2D eigenvalue weighted by Crippen LogP contribution is -2.10. The van der Waals surface area contributed by atoms with Crippen molar-refractivity contribution in [2.45, 2.75) is 13.5 Å². The first kappa shape index (κ1) is 18.2. The summed E-state index contributed by atoms with van der Waals surface area (Å²) >= 11 is 6.26. The predicted octanol–water partition coefficient (Wildman–Crippen LogP) is 3.66. The number of hydrogen-bond acceptors (Lipinski definition) is 5. The fraction of sp³-hybridized carbons (Fsp3) is 0.333. The maximum absolute atomic E-state index is 6.26. The van der Waals surface area contributed by atoms with Crippen molar-refractivity contribution in [3.05, 3.63) is 47.0 Å². The molecule has 0 atom stereocenters. The molecule has 0 heterocycles. The molecule has 5 nitrogen and oxygen atoms in total. The molecular formula is C18H22ClNO4. The van der Waals surface area contributed by atoms with Crippen molar-refractivity contribution in [3.8, 4) is 23.0 Å². The number of ether oxygens (including phenoxy) is 4. The summed E-state index contributed by atoms with van der Waals surface area (Å²) in [6.45, 7) is 3.53. The van der Waals surface area contributed by atoms with Crippen LogP contribution in [0.3, 0.4) is 0 Å². The molecule has 2 aromatic carbocycles. The van der Waals surface area contributed by atoms with Gasteiger partial charge < -0.3 is 24.7 Å². The van der Waals surface area contributed by atoms with E-state index in [0.29, 0.717) is 42.9 Å². The number of halogens is 1. The summed E-state index contributed by atoms with van der Waals surface area (Å²) in [5, 5.41) is 0.478. The number of benzene rings is 2. The quantitative estimate of drug-likeness (QED) is 0.698. The zero-order valence-electron chi connectivity index (χ0n) is 13.9. The minimum Gasteiger partial charge on any atom is -0.497 e. The van der Waals surface area contributed by atoms with E-state index >= 15 is 0 Å². The molecule has 0 aromatic heterocycles. The summed E-state index contributed by atoms with van der Waals surface area (Å²) in [5.74, 6) is 2.63. The van der Waals surface area contributed by atoms with E-state index in [9.17, 15) is 0 Å². The Bertz CT molecular complexity index is 646. The lowest BCUT2D eigenvalue weighted by atomic mass is 10.2. The lowest BCUT2D eigenvalue weighted by Gasteiger charge is -2.15. The first-order chi connectivity index (χ1) is 11.7. The van der Waals surface area contributed by atoms with Gasteiger partial charge in [0.25, 0.3) is 0 Å². The third-order valence-corrected chi connectivity index (χ3v) is 3.54. The fourth-order valence-corrected chi connectivity index (χ4v) is 2.41. The van der Waals surface area contributed by atoms with Crippen LogP contribution in [0.2, 0.25) is 5.02 Å². The van der Waals surface area contributed by atoms with Crippen molar-refractivity contribution < 1.29 is 18.9 Å². The zero-order chi connectivity index (χ0) is 17.4. The number of rotatable bonds is 9. The maximum atomic E-state index is 6.26. The van der Waals surface area contributed by atoms with Crippen molar-refractivity contribution in [1.82, 2.24) is 0 Å². The second kappa shape index (κ2) is 9.25. The molecular weight excluding hydrogens is 330 g/mol. The van der Waals surface area contributed by atoms with Gasteiger partial charge in [-0.25, -0.2) is 0 Å². The molecule has 0 aliphatic heterocycles. The number of nitrogens with two attached hydrogens (primary N) is 1. The van der Waals surface area contributed by atoms with Crippen LogP contribution in [-0.4, -0.2) is 26.9 Å². The van der Waals surface area contributed by atoms with E-state index in [1.54, 1.807) is 13.2 Å². The van der Waals surface area contributed by atoms with Crippen LogP contribution in [-0.2, 0) is 6.54 Å². The molecule has 0 saturated heterocycles. The molecule has 24 heavy (non-hydrogen) atoms. The normalized spacial score (nSPS) is 10.3. The fourth-order valence-electron chi connectivity index (χ4n) is 2.12. The highest BCUT2D eigenvalue weighted by Gasteiger charge is 2.12. The van der Waals surface area contributed by atoms with Crippen LogP contribution in [0.4, 0.5) is 0 Å². The van der Waals surface area contributed by atoms with Gasteiger partial charge in [-0.15, -0.1) is 0 Å². The molecule has 2 N–H and O–H groups in total. The number of methoxy groups -OCH3 is 1. The molecule has 0 unspecified atom stereocenters. The van der Waals surface area contributed by atoms with Crippen LogP contribution in [0.1, 0.15) is 12.5 Å². The van der Waals surface area contributed by atoms with E-state index < -0.39 is 0 Å². The second-order valence-corrected chi connectivity index (χ2v) is 5.32. The van der Waals surface area contributed by atoms with Gasteiger partial charge in [-0.3, -0.25) is 0 Å². The van der Waals surface area contributed by atoms with Crippen molar-refractivity contribution in [2.24, 2.45) is 5.73 Å². The highest BCUT2D eigenvalue weighted by molar-refractivity contribution is 6.32. The average molecular weight is 352 g/mol. The maximum Gasteiger partial charge on any atom is 0.179 e. The van der Waals surface area contributed by atoms with Gasteiger partial charge in [0.2, 0.25) is 0 Å². The monoisotopic (exact) mass is 351 g/mol. The number of hydrogen-bond donors (Lipinski definition) is 1. The van der Waals surface area contributed by atoms with Gasteiger partial charge in [0.1, 0.15) is 24.7 Å². The Hall–Kier alpha value is -2.11. The Kier molecular flexibility index (Phi) is 7.03. The molecule has 6 heteroatoms. The van der Waals surface area contributed by atoms with Crippen molar-refractivity contribution >= 4 is 11.6 Å². The largest absolute Gasteiger partial charge is 0.497 e. The SMILES string of the molecule is CCOc1cc(CN)cc(Cl)c1OCCOc1ccc(OC)cc1. The van der Waals surface area contributed by atoms with E-state index in [1.165, 1.54) is 0 Å². The summed E-state index contributed by atoms with van der Waals surface area (Å²) < 4.78 is 22.1. The molecule has 0 aliphatic rings. The second-order valence-electron chi connectivity index (χ2n) is 4.91. The Morgan fingerprint density at radius 3 is 2.25 bits per heavy atom. The molecule has 0 saturated carbocycles. The minimum absolute atomic E-state index is 0.341. The van der Waals surface area contributed by atoms with Crippen LogP contribution in [0.5, 0.6) is 23.0 Å². The molecule has 2 rings (SSSR count). The highest BCUT2D eigenvalue weighted by Crippen LogP contribution is 2.36. The zero-order valence-corrected chi connectivity index (χ0v) is 14.6. The van der Waals surface area contributed by atoms with E-state index in [4.69, 9.17) is 36.3 Å². The topological polar surface area (TPSA) is 62.9 Å². The van der Waals surface area contributed by atoms with Crippen molar-refractivity contribution in [3.63, 3.8) is 0 Å². The summed E-state index contributed by atoms with van der Waals surface area (Å²) in [4.78, 5) is 0. The highest BCUT2D eigenvalue weighted by atomic mass is 35.5. The summed E-state index contributed by atoms with van der Waals surface area (Å²) in [7, 11) is 1.62. The lowest BCUT2D eigenvalue weighted by molar-refractivity contribution is 0.208. The average Bonchev–Trinajstić information content (AvgIpc) is 2.60. The van der Waals surface area contributed by atoms with Crippen LogP contribution < -0.4 is 24.7 Å². The molecule has 0 amide bonds. The summed E-state index contributed by atoms with van der Waals surface area (Å²) in [6.07, 6.45) is 0. The molecule has 0 radical (unpaired) electrons. The van der Waals surface area contributed by atoms with E-state index in [1.807, 2.05) is 37.3 Å². The van der Waals surface area contributed by atoms with Gasteiger partial charge in [0, 0.05) is 6.54 Å². The standard InChI is InChI=1S/C18H22ClNO4/c1-3-22-17-11-13(12-20)10-16(19)18(17)24-9-8-23-15-6-4-14(21-2)5-7-15/h4-7,10-11H,3,8-9,12,20H2,1-2H3. The van der Waals surface area contributed by atoms with Gasteiger partial charge in [0.05, 0.1) is 18.7 Å². The van der Waals surface area contributed by atoms with E-state index in [2.05, 4.69) is 0 Å². The van der Waals surface area contributed by atoms with Gasteiger partial charge in [-0.05, 0) is 48.9 Å². The molecule has 2 aromatic rings. The van der Waals surface area contributed by atoms with Crippen molar-refractivity contribution in [1.29, 1.82) is 0 Å². The van der Waals surface area contributed by atoms with E-state index in [0.717, 1.165) is 17.1 Å². The first-order valence-corrected chi connectivity index (χ1v) is 8.10. The molecule has 0 fully saturated rings. The predicted molar refractivity (Wildman–Crippen MR) is 94.5 cm³/mol. The Morgan fingerprint density at radius 1 is 0.958 bits per heavy atom. The van der Waals surface area contributed by atoms with Crippen LogP contribution in [0.15, 0.2) is 36.4 Å². The van der Waals surface area contributed by atoms with Gasteiger partial charge in [0.15, 0.2) is 11.5 Å². The smallest absolute Gasteiger partial charge is 0.179 e. The van der Waals surface area contributed by atoms with Crippen LogP contribution in [0.25, 0.3) is 0 Å². The van der Waals surface area contributed by atoms with E-state index in [-0.39, 0.29) is 0 Å². The van der Waals surface area contributed by atoms with Gasteiger partial charge in [-0.1, -0.05) is 11.6 Å². The molecule has 0 bridgehead atoms. The minimum atomic E-state index is 0.341. The summed E-state index contributed by atoms with van der Waals surface area (Å²) in [6, 6.07) is 11.0. The van der Waals surface area contributed by atoms with Gasteiger partial charge in [-0.2, -0.15) is 0 Å². The molecule has 130 valence electrons.